The Labute approximate surface area is 194 Å². The summed E-state index contributed by atoms with van der Waals surface area (Å²) in [5.74, 6) is -0.545. The SMILES string of the molecule is CC(=O)OC1CCC(Nc2cc(-n3cc(C)c4c3CC(C)(C)CC4=O)ccc2C(N)=O)CC1. The molecule has 7 heteroatoms. The van der Waals surface area contributed by atoms with Crippen LogP contribution in [0.25, 0.3) is 5.69 Å². The lowest BCUT2D eigenvalue weighted by atomic mass is 9.75. The number of esters is 1. The Hall–Kier alpha value is -3.09. The van der Waals surface area contributed by atoms with Crippen molar-refractivity contribution >= 4 is 23.3 Å². The van der Waals surface area contributed by atoms with Crippen LogP contribution in [-0.2, 0) is 16.0 Å². The number of amides is 1. The van der Waals surface area contributed by atoms with Gasteiger partial charge >= 0.3 is 5.97 Å². The molecule has 2 aliphatic carbocycles. The average Bonchev–Trinajstić information content (AvgIpc) is 3.04. The van der Waals surface area contributed by atoms with E-state index < -0.39 is 5.91 Å². The van der Waals surface area contributed by atoms with E-state index in [1.807, 2.05) is 25.3 Å². The van der Waals surface area contributed by atoms with Crippen LogP contribution in [0.2, 0.25) is 0 Å². The second-order valence-corrected chi connectivity index (χ2v) is 10.3. The molecule has 0 aliphatic heterocycles. The van der Waals surface area contributed by atoms with E-state index >= 15 is 0 Å². The van der Waals surface area contributed by atoms with Crippen molar-refractivity contribution in [3.8, 4) is 5.69 Å². The molecule has 1 aromatic carbocycles. The van der Waals surface area contributed by atoms with E-state index in [0.717, 1.165) is 54.6 Å². The average molecular weight is 452 g/mol. The number of nitrogens with zero attached hydrogens (tertiary/aromatic N) is 1. The summed E-state index contributed by atoms with van der Waals surface area (Å²) in [6.45, 7) is 7.65. The Morgan fingerprint density at radius 3 is 2.48 bits per heavy atom. The molecule has 1 aromatic heterocycles. The predicted octanol–water partition coefficient (Wildman–Crippen LogP) is 4.33. The van der Waals surface area contributed by atoms with Crippen LogP contribution in [0.1, 0.15) is 84.8 Å². The zero-order chi connectivity index (χ0) is 23.9. The van der Waals surface area contributed by atoms with Gasteiger partial charge in [0.2, 0.25) is 0 Å². The zero-order valence-corrected chi connectivity index (χ0v) is 19.9. The Bertz CT molecular complexity index is 1110. The van der Waals surface area contributed by atoms with Gasteiger partial charge in [-0.1, -0.05) is 13.8 Å². The lowest BCUT2D eigenvalue weighted by Gasteiger charge is -2.31. The Balaban J connectivity index is 1.63. The number of aryl methyl sites for hydroxylation is 1. The molecule has 4 rings (SSSR count). The third-order valence-corrected chi connectivity index (χ3v) is 6.77. The van der Waals surface area contributed by atoms with E-state index in [2.05, 4.69) is 23.7 Å². The summed E-state index contributed by atoms with van der Waals surface area (Å²) in [5.41, 5.74) is 10.4. The second-order valence-electron chi connectivity index (χ2n) is 10.3. The fourth-order valence-corrected chi connectivity index (χ4v) is 5.30. The van der Waals surface area contributed by atoms with Gasteiger partial charge in [0, 0.05) is 48.2 Å². The van der Waals surface area contributed by atoms with Crippen LogP contribution in [0, 0.1) is 12.3 Å². The first-order chi connectivity index (χ1) is 15.5. The van der Waals surface area contributed by atoms with E-state index in [9.17, 15) is 14.4 Å². The van der Waals surface area contributed by atoms with Crippen LogP contribution in [0.15, 0.2) is 24.4 Å². The standard InChI is InChI=1S/C26H33N3O4/c1-15-14-29(22-12-26(3,4)13-23(31)24(15)22)18-7-10-20(25(27)32)21(11-18)28-17-5-8-19(9-6-17)33-16(2)30/h7,10-11,14,17,19,28H,5-6,8-9,12-13H2,1-4H3,(H2,27,32). The van der Waals surface area contributed by atoms with Gasteiger partial charge in [-0.05, 0) is 68.2 Å². The molecule has 1 amide bonds. The minimum absolute atomic E-state index is 0.0437. The van der Waals surface area contributed by atoms with Gasteiger partial charge in [0.25, 0.3) is 5.91 Å². The van der Waals surface area contributed by atoms with Crippen molar-refractivity contribution in [2.75, 3.05) is 5.32 Å². The van der Waals surface area contributed by atoms with Gasteiger partial charge < -0.3 is 20.4 Å². The largest absolute Gasteiger partial charge is 0.463 e. The number of carbonyl (C=O) groups excluding carboxylic acids is 3. The molecule has 0 atom stereocenters. The molecule has 1 heterocycles. The first-order valence-electron chi connectivity index (χ1n) is 11.7. The zero-order valence-electron chi connectivity index (χ0n) is 19.9. The van der Waals surface area contributed by atoms with E-state index in [1.165, 1.54) is 6.92 Å². The van der Waals surface area contributed by atoms with Gasteiger partial charge in [0.15, 0.2) is 5.78 Å². The Morgan fingerprint density at radius 2 is 1.85 bits per heavy atom. The molecule has 2 aromatic rings. The third-order valence-electron chi connectivity index (χ3n) is 6.77. The van der Waals surface area contributed by atoms with Gasteiger partial charge in [0.1, 0.15) is 6.10 Å². The first kappa shape index (κ1) is 23.1. The number of benzene rings is 1. The number of nitrogens with one attached hydrogen (secondary N) is 1. The summed E-state index contributed by atoms with van der Waals surface area (Å²) in [6, 6.07) is 5.74. The topological polar surface area (TPSA) is 103 Å². The van der Waals surface area contributed by atoms with Crippen LogP contribution in [0.3, 0.4) is 0 Å². The fraction of sp³-hybridized carbons (Fsp3) is 0.500. The molecule has 0 saturated heterocycles. The van der Waals surface area contributed by atoms with E-state index in [-0.39, 0.29) is 29.3 Å². The number of nitrogens with two attached hydrogens (primary N) is 1. The van der Waals surface area contributed by atoms with Crippen LogP contribution < -0.4 is 11.1 Å². The van der Waals surface area contributed by atoms with Crippen LogP contribution >= 0.6 is 0 Å². The predicted molar refractivity (Wildman–Crippen MR) is 127 cm³/mol. The first-order valence-corrected chi connectivity index (χ1v) is 11.7. The quantitative estimate of drug-likeness (QED) is 0.659. The second kappa shape index (κ2) is 8.69. The molecule has 1 saturated carbocycles. The molecule has 0 bridgehead atoms. The van der Waals surface area contributed by atoms with Crippen molar-refractivity contribution in [1.29, 1.82) is 0 Å². The van der Waals surface area contributed by atoms with Crippen molar-refractivity contribution in [1.82, 2.24) is 4.57 Å². The van der Waals surface area contributed by atoms with Gasteiger partial charge in [-0.15, -0.1) is 0 Å². The number of ether oxygens (including phenoxy) is 1. The van der Waals surface area contributed by atoms with Gasteiger partial charge in [0.05, 0.1) is 5.56 Å². The van der Waals surface area contributed by atoms with Crippen molar-refractivity contribution in [3.63, 3.8) is 0 Å². The Morgan fingerprint density at radius 1 is 1.15 bits per heavy atom. The highest BCUT2D eigenvalue weighted by atomic mass is 16.5. The molecule has 3 N–H and O–H groups in total. The number of primary amides is 1. The fourth-order valence-electron chi connectivity index (χ4n) is 5.30. The summed E-state index contributed by atoms with van der Waals surface area (Å²) in [5, 5.41) is 3.51. The summed E-state index contributed by atoms with van der Waals surface area (Å²) in [6.07, 6.45) is 6.56. The number of anilines is 1. The van der Waals surface area contributed by atoms with Crippen molar-refractivity contribution in [3.05, 3.63) is 46.8 Å². The molecule has 7 nitrogen and oxygen atoms in total. The summed E-state index contributed by atoms with van der Waals surface area (Å²) in [7, 11) is 0. The molecule has 0 unspecified atom stereocenters. The molecule has 0 spiro atoms. The van der Waals surface area contributed by atoms with Gasteiger partial charge in [-0.3, -0.25) is 14.4 Å². The van der Waals surface area contributed by atoms with Crippen LogP contribution in [-0.4, -0.2) is 34.4 Å². The molecule has 176 valence electrons. The number of hydrogen-bond donors (Lipinski definition) is 2. The van der Waals surface area contributed by atoms with E-state index in [0.29, 0.717) is 17.7 Å². The number of rotatable bonds is 5. The van der Waals surface area contributed by atoms with Gasteiger partial charge in [-0.2, -0.15) is 0 Å². The monoisotopic (exact) mass is 451 g/mol. The summed E-state index contributed by atoms with van der Waals surface area (Å²) < 4.78 is 7.42. The lowest BCUT2D eigenvalue weighted by Crippen LogP contribution is -2.31. The maximum absolute atomic E-state index is 12.8. The maximum Gasteiger partial charge on any atom is 0.302 e. The van der Waals surface area contributed by atoms with Crippen molar-refractivity contribution in [2.45, 2.75) is 78.4 Å². The molecule has 33 heavy (non-hydrogen) atoms. The number of carbonyl (C=O) groups is 3. The molecule has 0 radical (unpaired) electrons. The van der Waals surface area contributed by atoms with Gasteiger partial charge in [-0.25, -0.2) is 0 Å². The third kappa shape index (κ3) is 4.82. The highest BCUT2D eigenvalue weighted by Crippen LogP contribution is 2.38. The highest BCUT2D eigenvalue weighted by Gasteiger charge is 2.35. The summed E-state index contributed by atoms with van der Waals surface area (Å²) in [4.78, 5) is 36.2. The van der Waals surface area contributed by atoms with Crippen molar-refractivity contribution in [2.24, 2.45) is 11.1 Å². The highest BCUT2D eigenvalue weighted by molar-refractivity contribution is 6.01. The molecular weight excluding hydrogens is 418 g/mol. The van der Waals surface area contributed by atoms with Crippen LogP contribution in [0.4, 0.5) is 5.69 Å². The van der Waals surface area contributed by atoms with E-state index in [4.69, 9.17) is 10.5 Å². The molecular formula is C26H33N3O4. The number of Topliss-reactive ketones (excluding diaryl/α,β-unsaturated/α-hetero) is 1. The van der Waals surface area contributed by atoms with Crippen molar-refractivity contribution < 1.29 is 19.1 Å². The normalized spacial score (nSPS) is 21.9. The number of fused-ring (bicyclic) bond motifs is 1. The minimum Gasteiger partial charge on any atom is -0.463 e. The smallest absolute Gasteiger partial charge is 0.302 e. The Kier molecular flexibility index (Phi) is 6.08. The summed E-state index contributed by atoms with van der Waals surface area (Å²) >= 11 is 0. The number of hydrogen-bond acceptors (Lipinski definition) is 5. The number of aromatic nitrogens is 1. The maximum atomic E-state index is 12.8. The lowest BCUT2D eigenvalue weighted by molar-refractivity contribution is -0.147. The molecule has 2 aliphatic rings. The van der Waals surface area contributed by atoms with E-state index in [1.54, 1.807) is 6.07 Å². The number of ketones is 1. The van der Waals surface area contributed by atoms with Crippen LogP contribution in [0.5, 0.6) is 0 Å². The minimum atomic E-state index is -0.486. The molecule has 1 fully saturated rings.